The first kappa shape index (κ1) is 13.8. The molecule has 3 nitrogen and oxygen atoms in total. The molecule has 0 radical (unpaired) electrons. The molecule has 0 aromatic rings. The van der Waals surface area contributed by atoms with Gasteiger partial charge in [-0.05, 0) is 39.0 Å². The number of hydrogen-bond donors (Lipinski definition) is 2. The molecule has 1 aliphatic carbocycles. The molecule has 0 aromatic carbocycles. The van der Waals surface area contributed by atoms with Crippen molar-refractivity contribution in [2.24, 2.45) is 5.92 Å². The van der Waals surface area contributed by atoms with E-state index in [-0.39, 0.29) is 30.4 Å². The van der Waals surface area contributed by atoms with Gasteiger partial charge in [-0.1, -0.05) is 12.8 Å². The van der Waals surface area contributed by atoms with Crippen molar-refractivity contribution in [3.8, 4) is 0 Å². The number of carbonyl (C=O) groups is 1. The van der Waals surface area contributed by atoms with Gasteiger partial charge in [-0.2, -0.15) is 0 Å². The summed E-state index contributed by atoms with van der Waals surface area (Å²) in [7, 11) is 0. The Morgan fingerprint density at radius 3 is 2.62 bits per heavy atom. The summed E-state index contributed by atoms with van der Waals surface area (Å²) in [5.74, 6) is 0.945. The lowest BCUT2D eigenvalue weighted by molar-refractivity contribution is -0.123. The van der Waals surface area contributed by atoms with Gasteiger partial charge in [-0.3, -0.25) is 4.79 Å². The highest BCUT2D eigenvalue weighted by molar-refractivity contribution is 5.85. The van der Waals surface area contributed by atoms with Crippen molar-refractivity contribution in [1.82, 2.24) is 10.6 Å². The number of hydrogen-bond acceptors (Lipinski definition) is 2. The lowest BCUT2D eigenvalue weighted by Gasteiger charge is -2.24. The zero-order valence-electron chi connectivity index (χ0n) is 10.2. The largest absolute Gasteiger partial charge is 0.353 e. The second kappa shape index (κ2) is 5.87. The van der Waals surface area contributed by atoms with E-state index in [0.29, 0.717) is 6.04 Å². The highest BCUT2D eigenvalue weighted by Crippen LogP contribution is 2.33. The zero-order chi connectivity index (χ0) is 10.8. The van der Waals surface area contributed by atoms with Crippen molar-refractivity contribution in [3.63, 3.8) is 0 Å². The third kappa shape index (κ3) is 3.11. The molecule has 3 atom stereocenters. The van der Waals surface area contributed by atoms with E-state index in [0.717, 1.165) is 12.3 Å². The van der Waals surface area contributed by atoms with Crippen molar-refractivity contribution in [3.05, 3.63) is 0 Å². The van der Waals surface area contributed by atoms with Gasteiger partial charge < -0.3 is 10.6 Å². The van der Waals surface area contributed by atoms with E-state index < -0.39 is 0 Å². The average molecular weight is 247 g/mol. The molecule has 0 spiro atoms. The van der Waals surface area contributed by atoms with Crippen LogP contribution in [0, 0.1) is 5.92 Å². The molecule has 0 bridgehead atoms. The van der Waals surface area contributed by atoms with Crippen LogP contribution in [0.4, 0.5) is 0 Å². The van der Waals surface area contributed by atoms with Gasteiger partial charge in [0.25, 0.3) is 0 Å². The van der Waals surface area contributed by atoms with Crippen LogP contribution in [0.15, 0.2) is 0 Å². The second-order valence-electron chi connectivity index (χ2n) is 5.27. The minimum absolute atomic E-state index is 0. The Balaban J connectivity index is 0.00000128. The predicted molar refractivity (Wildman–Crippen MR) is 67.8 cm³/mol. The fourth-order valence-electron chi connectivity index (χ4n) is 2.91. The molecule has 1 amide bonds. The summed E-state index contributed by atoms with van der Waals surface area (Å²) >= 11 is 0. The first-order valence-electron chi connectivity index (χ1n) is 6.23. The normalized spacial score (nSPS) is 33.1. The third-order valence-corrected chi connectivity index (χ3v) is 3.61. The van der Waals surface area contributed by atoms with Gasteiger partial charge >= 0.3 is 0 Å². The van der Waals surface area contributed by atoms with Crippen LogP contribution < -0.4 is 10.6 Å². The molecule has 1 aliphatic heterocycles. The Labute approximate surface area is 104 Å². The first-order valence-corrected chi connectivity index (χ1v) is 6.23. The quantitative estimate of drug-likeness (QED) is 0.781. The minimum atomic E-state index is 0. The number of carbonyl (C=O) groups excluding carboxylic acids is 1. The fourth-order valence-corrected chi connectivity index (χ4v) is 2.91. The van der Waals surface area contributed by atoms with E-state index >= 15 is 0 Å². The molecule has 3 unspecified atom stereocenters. The smallest absolute Gasteiger partial charge is 0.237 e. The molecule has 2 rings (SSSR count). The summed E-state index contributed by atoms with van der Waals surface area (Å²) in [6.07, 6.45) is 6.29. The summed E-state index contributed by atoms with van der Waals surface area (Å²) < 4.78 is 0. The Bertz CT molecular complexity index is 231. The molecule has 2 N–H and O–H groups in total. The molecule has 1 saturated carbocycles. The summed E-state index contributed by atoms with van der Waals surface area (Å²) in [6, 6.07) is 0.934. The van der Waals surface area contributed by atoms with Crippen molar-refractivity contribution in [2.75, 3.05) is 0 Å². The highest BCUT2D eigenvalue weighted by atomic mass is 35.5. The predicted octanol–water partition coefficient (Wildman–Crippen LogP) is 1.85. The summed E-state index contributed by atoms with van der Waals surface area (Å²) in [5, 5.41) is 6.48. The molecule has 1 heterocycles. The lowest BCUT2D eigenvalue weighted by atomic mass is 9.85. The van der Waals surface area contributed by atoms with Gasteiger partial charge in [-0.25, -0.2) is 0 Å². The van der Waals surface area contributed by atoms with Gasteiger partial charge in [0.2, 0.25) is 5.91 Å². The highest BCUT2D eigenvalue weighted by Gasteiger charge is 2.38. The van der Waals surface area contributed by atoms with Gasteiger partial charge in [0.15, 0.2) is 0 Å². The number of halogens is 1. The van der Waals surface area contributed by atoms with Crippen LogP contribution in [-0.2, 0) is 4.79 Å². The maximum atomic E-state index is 11.8. The third-order valence-electron chi connectivity index (χ3n) is 3.61. The first-order chi connectivity index (χ1) is 7.16. The van der Waals surface area contributed by atoms with Crippen LogP contribution in [0.5, 0.6) is 0 Å². The van der Waals surface area contributed by atoms with E-state index in [9.17, 15) is 4.79 Å². The van der Waals surface area contributed by atoms with Crippen molar-refractivity contribution in [1.29, 1.82) is 0 Å². The molecular weight excluding hydrogens is 224 g/mol. The zero-order valence-corrected chi connectivity index (χ0v) is 11.0. The Kier molecular flexibility index (Phi) is 5.06. The number of fused-ring (bicyclic) bond motifs is 1. The van der Waals surface area contributed by atoms with Crippen LogP contribution in [0.2, 0.25) is 0 Å². The average Bonchev–Trinajstić information content (AvgIpc) is 2.59. The van der Waals surface area contributed by atoms with Crippen LogP contribution >= 0.6 is 12.4 Å². The summed E-state index contributed by atoms with van der Waals surface area (Å²) in [6.45, 7) is 4.03. The molecule has 1 saturated heterocycles. The van der Waals surface area contributed by atoms with Crippen LogP contribution in [-0.4, -0.2) is 24.0 Å². The van der Waals surface area contributed by atoms with Crippen LogP contribution in [0.3, 0.4) is 0 Å². The fraction of sp³-hybridized carbons (Fsp3) is 0.917. The van der Waals surface area contributed by atoms with E-state index in [1.54, 1.807) is 0 Å². The Hall–Kier alpha value is -0.280. The molecular formula is C12H23ClN2O. The van der Waals surface area contributed by atoms with Crippen LogP contribution in [0.1, 0.15) is 46.0 Å². The van der Waals surface area contributed by atoms with Crippen molar-refractivity contribution >= 4 is 18.3 Å². The molecule has 0 aromatic heterocycles. The molecule has 2 fully saturated rings. The van der Waals surface area contributed by atoms with Gasteiger partial charge in [0, 0.05) is 12.1 Å². The number of amides is 1. The monoisotopic (exact) mass is 246 g/mol. The molecule has 2 aliphatic rings. The second-order valence-corrected chi connectivity index (χ2v) is 5.27. The number of rotatable bonds is 2. The maximum Gasteiger partial charge on any atom is 0.237 e. The van der Waals surface area contributed by atoms with E-state index in [1.807, 2.05) is 13.8 Å². The SMILES string of the molecule is CC(C)NC(=O)C1CC2CCCCC2N1.Cl. The minimum Gasteiger partial charge on any atom is -0.353 e. The van der Waals surface area contributed by atoms with E-state index in [4.69, 9.17) is 0 Å². The molecule has 94 valence electrons. The topological polar surface area (TPSA) is 41.1 Å². The van der Waals surface area contributed by atoms with E-state index in [2.05, 4.69) is 10.6 Å². The van der Waals surface area contributed by atoms with E-state index in [1.165, 1.54) is 25.7 Å². The number of nitrogens with one attached hydrogen (secondary N) is 2. The molecule has 4 heteroatoms. The van der Waals surface area contributed by atoms with Crippen molar-refractivity contribution in [2.45, 2.75) is 64.1 Å². The van der Waals surface area contributed by atoms with Crippen LogP contribution in [0.25, 0.3) is 0 Å². The molecule has 16 heavy (non-hydrogen) atoms. The lowest BCUT2D eigenvalue weighted by Crippen LogP contribution is -2.45. The standard InChI is InChI=1S/C12H22N2O.ClH/c1-8(2)13-12(15)11-7-9-5-3-4-6-10(9)14-11;/h8-11,14H,3-7H2,1-2H3,(H,13,15);1H. The van der Waals surface area contributed by atoms with Crippen molar-refractivity contribution < 1.29 is 4.79 Å². The van der Waals surface area contributed by atoms with Gasteiger partial charge in [0.1, 0.15) is 0 Å². The van der Waals surface area contributed by atoms with Gasteiger partial charge in [-0.15, -0.1) is 12.4 Å². The maximum absolute atomic E-state index is 11.8. The summed E-state index contributed by atoms with van der Waals surface area (Å²) in [4.78, 5) is 11.8. The Morgan fingerprint density at radius 1 is 1.31 bits per heavy atom. The Morgan fingerprint density at radius 2 is 2.00 bits per heavy atom. The summed E-state index contributed by atoms with van der Waals surface area (Å²) in [5.41, 5.74) is 0. The van der Waals surface area contributed by atoms with Gasteiger partial charge in [0.05, 0.1) is 6.04 Å².